The molecule has 0 saturated carbocycles. The molecule has 1 heterocycles. The third-order valence-electron chi connectivity index (χ3n) is 3.63. The molecule has 114 valence electrons. The van der Waals surface area contributed by atoms with Gasteiger partial charge in [-0.3, -0.25) is 4.90 Å². The van der Waals surface area contributed by atoms with Crippen molar-refractivity contribution in [2.75, 3.05) is 11.4 Å². The highest BCUT2D eigenvalue weighted by atomic mass is 79.9. The van der Waals surface area contributed by atoms with Crippen LogP contribution in [-0.2, 0) is 17.8 Å². The van der Waals surface area contributed by atoms with Crippen LogP contribution in [0.25, 0.3) is 0 Å². The quantitative estimate of drug-likeness (QED) is 0.775. The zero-order chi connectivity index (χ0) is 15.5. The number of carbonyl (C=O) groups is 1. The molecule has 0 radical (unpaired) electrons. The number of hydrogen-bond donors (Lipinski definition) is 0. The van der Waals surface area contributed by atoms with Gasteiger partial charge >= 0.3 is 6.09 Å². The summed E-state index contributed by atoms with van der Waals surface area (Å²) in [6, 6.07) is 12.4. The lowest BCUT2D eigenvalue weighted by Gasteiger charge is -2.29. The second kappa shape index (κ2) is 6.48. The molecule has 0 atom stereocenters. The maximum atomic E-state index is 13.5. The smallest absolute Gasteiger partial charge is 0.414 e. The molecule has 22 heavy (non-hydrogen) atoms. The van der Waals surface area contributed by atoms with Crippen LogP contribution in [-0.4, -0.2) is 12.6 Å². The molecular weight excluding hydrogens is 349 g/mol. The molecule has 0 N–H and O–H groups in total. The van der Waals surface area contributed by atoms with Crippen molar-refractivity contribution in [3.05, 3.63) is 63.9 Å². The Labute approximate surface area is 136 Å². The van der Waals surface area contributed by atoms with Gasteiger partial charge in [0.25, 0.3) is 0 Å². The Morgan fingerprint density at radius 1 is 1.27 bits per heavy atom. The minimum atomic E-state index is -0.405. The zero-order valence-corrected chi connectivity index (χ0v) is 13.5. The molecule has 0 bridgehead atoms. The van der Waals surface area contributed by atoms with Gasteiger partial charge in [0.15, 0.2) is 0 Å². The van der Waals surface area contributed by atoms with Crippen molar-refractivity contribution in [1.29, 1.82) is 0 Å². The minimum absolute atomic E-state index is 0.227. The number of benzene rings is 2. The van der Waals surface area contributed by atoms with Crippen molar-refractivity contribution >= 4 is 27.7 Å². The first-order chi connectivity index (χ1) is 10.6. The number of anilines is 1. The number of halogens is 2. The van der Waals surface area contributed by atoms with E-state index in [4.69, 9.17) is 4.74 Å². The summed E-state index contributed by atoms with van der Waals surface area (Å²) in [6.45, 7) is 0.801. The van der Waals surface area contributed by atoms with Crippen molar-refractivity contribution in [3.63, 3.8) is 0 Å². The van der Waals surface area contributed by atoms with Crippen LogP contribution in [0.2, 0.25) is 0 Å². The van der Waals surface area contributed by atoms with E-state index in [9.17, 15) is 9.18 Å². The van der Waals surface area contributed by atoms with Crippen LogP contribution in [0.5, 0.6) is 0 Å². The Morgan fingerprint density at radius 2 is 2.05 bits per heavy atom. The van der Waals surface area contributed by atoms with E-state index < -0.39 is 6.09 Å². The molecule has 0 aliphatic carbocycles. The van der Waals surface area contributed by atoms with Crippen molar-refractivity contribution < 1.29 is 13.9 Å². The van der Waals surface area contributed by atoms with Crippen molar-refractivity contribution in [1.82, 2.24) is 0 Å². The molecule has 0 fully saturated rings. The van der Waals surface area contributed by atoms with Crippen LogP contribution in [0.3, 0.4) is 0 Å². The number of fused-ring (bicyclic) bond motifs is 1. The van der Waals surface area contributed by atoms with Crippen LogP contribution < -0.4 is 4.90 Å². The fourth-order valence-electron chi connectivity index (χ4n) is 2.63. The number of nitrogens with zero attached hydrogens (tertiary/aromatic N) is 1. The topological polar surface area (TPSA) is 29.5 Å². The molecule has 1 amide bonds. The fourth-order valence-corrected chi connectivity index (χ4v) is 3.32. The average Bonchev–Trinajstić information content (AvgIpc) is 2.52. The number of rotatable bonds is 2. The SMILES string of the molecule is O=C(OCc1ccccc1)N1CCCc2cc(F)cc(Br)c21. The van der Waals surface area contributed by atoms with Gasteiger partial charge in [-0.1, -0.05) is 30.3 Å². The molecule has 2 aromatic rings. The van der Waals surface area contributed by atoms with Gasteiger partial charge in [-0.05, 0) is 52.0 Å². The lowest BCUT2D eigenvalue weighted by molar-refractivity contribution is 0.146. The summed E-state index contributed by atoms with van der Waals surface area (Å²) in [7, 11) is 0. The summed E-state index contributed by atoms with van der Waals surface area (Å²) in [5.74, 6) is -0.301. The number of carbonyl (C=O) groups excluding carboxylic acids is 1. The van der Waals surface area contributed by atoms with Crippen molar-refractivity contribution in [3.8, 4) is 0 Å². The van der Waals surface area contributed by atoms with Gasteiger partial charge in [-0.15, -0.1) is 0 Å². The molecule has 0 spiro atoms. The van der Waals surface area contributed by atoms with E-state index in [2.05, 4.69) is 15.9 Å². The van der Waals surface area contributed by atoms with E-state index >= 15 is 0 Å². The lowest BCUT2D eigenvalue weighted by Crippen LogP contribution is -2.36. The molecule has 0 unspecified atom stereocenters. The highest BCUT2D eigenvalue weighted by Crippen LogP contribution is 2.35. The number of amides is 1. The summed E-state index contributed by atoms with van der Waals surface area (Å²) >= 11 is 3.35. The van der Waals surface area contributed by atoms with Gasteiger partial charge in [-0.25, -0.2) is 9.18 Å². The van der Waals surface area contributed by atoms with E-state index in [1.54, 1.807) is 4.90 Å². The summed E-state index contributed by atoms with van der Waals surface area (Å²) in [6.07, 6.45) is 1.15. The third-order valence-corrected chi connectivity index (χ3v) is 4.23. The summed E-state index contributed by atoms with van der Waals surface area (Å²) in [5.41, 5.74) is 2.48. The van der Waals surface area contributed by atoms with Crippen LogP contribution >= 0.6 is 15.9 Å². The molecular formula is C17H15BrFNO2. The Bertz CT molecular complexity index is 691. The van der Waals surface area contributed by atoms with Crippen LogP contribution in [0.15, 0.2) is 46.9 Å². The molecule has 3 nitrogen and oxygen atoms in total. The van der Waals surface area contributed by atoms with E-state index in [1.165, 1.54) is 12.1 Å². The molecule has 1 aliphatic heterocycles. The van der Waals surface area contributed by atoms with Gasteiger partial charge in [-0.2, -0.15) is 0 Å². The number of aryl methyl sites for hydroxylation is 1. The minimum Gasteiger partial charge on any atom is -0.444 e. The Kier molecular flexibility index (Phi) is 4.43. The first-order valence-corrected chi connectivity index (χ1v) is 7.90. The maximum absolute atomic E-state index is 13.5. The summed E-state index contributed by atoms with van der Waals surface area (Å²) < 4.78 is 19.5. The first-order valence-electron chi connectivity index (χ1n) is 7.11. The van der Waals surface area contributed by atoms with Gasteiger partial charge < -0.3 is 4.74 Å². The van der Waals surface area contributed by atoms with Gasteiger partial charge in [0.05, 0.1) is 5.69 Å². The second-order valence-electron chi connectivity index (χ2n) is 5.19. The number of ether oxygens (including phenoxy) is 1. The Morgan fingerprint density at radius 3 is 2.82 bits per heavy atom. The molecule has 2 aromatic carbocycles. The lowest BCUT2D eigenvalue weighted by atomic mass is 10.0. The molecule has 5 heteroatoms. The highest BCUT2D eigenvalue weighted by Gasteiger charge is 2.26. The monoisotopic (exact) mass is 363 g/mol. The van der Waals surface area contributed by atoms with E-state index in [-0.39, 0.29) is 12.4 Å². The van der Waals surface area contributed by atoms with E-state index in [1.807, 2.05) is 30.3 Å². The van der Waals surface area contributed by atoms with Gasteiger partial charge in [0.2, 0.25) is 0 Å². The normalized spacial score (nSPS) is 13.6. The first kappa shape index (κ1) is 15.0. The molecule has 0 saturated heterocycles. The van der Waals surface area contributed by atoms with E-state index in [0.29, 0.717) is 16.7 Å². The van der Waals surface area contributed by atoms with Crippen LogP contribution in [0.4, 0.5) is 14.9 Å². The van der Waals surface area contributed by atoms with Crippen molar-refractivity contribution in [2.24, 2.45) is 0 Å². The largest absolute Gasteiger partial charge is 0.444 e. The van der Waals surface area contributed by atoms with E-state index in [0.717, 1.165) is 24.0 Å². The standard InChI is InChI=1S/C17H15BrFNO2/c18-15-10-14(19)9-13-7-4-8-20(16(13)15)17(21)22-11-12-5-2-1-3-6-12/h1-3,5-6,9-10H,4,7-8,11H2. The molecule has 1 aliphatic rings. The van der Waals surface area contributed by atoms with Gasteiger partial charge in [0, 0.05) is 11.0 Å². The second-order valence-corrected chi connectivity index (χ2v) is 6.05. The Balaban J connectivity index is 1.77. The average molecular weight is 364 g/mol. The number of hydrogen-bond acceptors (Lipinski definition) is 2. The Hall–Kier alpha value is -1.88. The summed E-state index contributed by atoms with van der Waals surface area (Å²) in [4.78, 5) is 13.9. The molecule has 0 aromatic heterocycles. The fraction of sp³-hybridized carbons (Fsp3) is 0.235. The van der Waals surface area contributed by atoms with Crippen molar-refractivity contribution in [2.45, 2.75) is 19.4 Å². The third kappa shape index (κ3) is 3.14. The maximum Gasteiger partial charge on any atom is 0.414 e. The predicted octanol–water partition coefficient (Wildman–Crippen LogP) is 4.68. The van der Waals surface area contributed by atoms with Crippen LogP contribution in [0.1, 0.15) is 17.5 Å². The van der Waals surface area contributed by atoms with Gasteiger partial charge in [0.1, 0.15) is 12.4 Å². The highest BCUT2D eigenvalue weighted by molar-refractivity contribution is 9.10. The summed E-state index contributed by atoms with van der Waals surface area (Å²) in [5, 5.41) is 0. The molecule has 3 rings (SSSR count). The van der Waals surface area contributed by atoms with Crippen LogP contribution in [0, 0.1) is 5.82 Å². The zero-order valence-electron chi connectivity index (χ0n) is 11.9. The predicted molar refractivity (Wildman–Crippen MR) is 86.4 cm³/mol.